The molecule has 2 amide bonds. The molecule has 2 N–H and O–H groups in total. The van der Waals surface area contributed by atoms with Crippen LogP contribution >= 0.6 is 0 Å². The Morgan fingerprint density at radius 1 is 1.26 bits per heavy atom. The lowest BCUT2D eigenvalue weighted by molar-refractivity contribution is -0.138. The maximum Gasteiger partial charge on any atom is 0.339 e. The van der Waals surface area contributed by atoms with E-state index in [1.165, 1.54) is 12.3 Å². The monoisotopic (exact) mass is 426 g/mol. The van der Waals surface area contributed by atoms with E-state index in [4.69, 9.17) is 18.4 Å². The number of esters is 2. The maximum atomic E-state index is 12.9. The minimum absolute atomic E-state index is 0.0372. The zero-order chi connectivity index (χ0) is 22.0. The third-order valence-corrected chi connectivity index (χ3v) is 4.53. The second-order valence-electron chi connectivity index (χ2n) is 6.54. The molecule has 11 nitrogen and oxygen atoms in total. The summed E-state index contributed by atoms with van der Waals surface area (Å²) in [7, 11) is 0. The molecule has 11 heteroatoms. The van der Waals surface area contributed by atoms with Gasteiger partial charge in [-0.05, 0) is 32.0 Å². The highest BCUT2D eigenvalue weighted by atomic mass is 16.5. The topological polar surface area (TPSA) is 146 Å². The predicted molar refractivity (Wildman–Crippen MR) is 105 cm³/mol. The van der Waals surface area contributed by atoms with Crippen LogP contribution in [0.5, 0.6) is 0 Å². The highest BCUT2D eigenvalue weighted by molar-refractivity contribution is 6.04. The van der Waals surface area contributed by atoms with Crippen LogP contribution in [0.15, 0.2) is 44.7 Å². The van der Waals surface area contributed by atoms with E-state index in [-0.39, 0.29) is 42.3 Å². The van der Waals surface area contributed by atoms with E-state index in [0.29, 0.717) is 22.5 Å². The van der Waals surface area contributed by atoms with Crippen molar-refractivity contribution in [1.29, 1.82) is 0 Å². The Morgan fingerprint density at radius 3 is 2.84 bits per heavy atom. The molecule has 1 aliphatic rings. The smallest absolute Gasteiger partial charge is 0.339 e. The van der Waals surface area contributed by atoms with Crippen LogP contribution in [0.1, 0.15) is 23.0 Å². The predicted octanol–water partition coefficient (Wildman–Crippen LogP) is 2.08. The molecule has 4 heterocycles. The lowest BCUT2D eigenvalue weighted by Gasteiger charge is -2.21. The van der Waals surface area contributed by atoms with Crippen molar-refractivity contribution >= 4 is 29.1 Å². The first-order valence-corrected chi connectivity index (χ1v) is 9.40. The normalized spacial score (nSPS) is 13.7. The lowest BCUT2D eigenvalue weighted by atomic mass is 10.1. The van der Waals surface area contributed by atoms with Gasteiger partial charge in [-0.3, -0.25) is 0 Å². The standard InChI is InChI=1S/C20H18N4O7/c1-3-28-19(26)12-8-21-20(27)23-14(12)9-30-18(25)11-7-13(15-5-4-6-29-15)22-17-16(11)10(2)24-31-17/h4-7H,3,8-9H2,1-2H3,(H2,21,23,27). The van der Waals surface area contributed by atoms with E-state index >= 15 is 0 Å². The number of pyridine rings is 1. The molecule has 0 aliphatic carbocycles. The number of fused-ring (bicyclic) bond motifs is 1. The van der Waals surface area contributed by atoms with Crippen molar-refractivity contribution in [2.75, 3.05) is 19.8 Å². The van der Waals surface area contributed by atoms with Gasteiger partial charge in [0.2, 0.25) is 0 Å². The second kappa shape index (κ2) is 8.30. The molecule has 0 spiro atoms. The zero-order valence-corrected chi connectivity index (χ0v) is 16.7. The van der Waals surface area contributed by atoms with Crippen LogP contribution in [0, 0.1) is 6.92 Å². The molecule has 0 bridgehead atoms. The number of carbonyl (C=O) groups excluding carboxylic acids is 3. The molecule has 160 valence electrons. The Hall–Kier alpha value is -4.15. The number of aryl methyl sites for hydroxylation is 1. The van der Waals surface area contributed by atoms with Crippen molar-refractivity contribution in [1.82, 2.24) is 20.8 Å². The molecular formula is C20H18N4O7. The van der Waals surface area contributed by atoms with Crippen LogP contribution in [0.25, 0.3) is 22.6 Å². The van der Waals surface area contributed by atoms with Crippen molar-refractivity contribution in [2.45, 2.75) is 13.8 Å². The summed E-state index contributed by atoms with van der Waals surface area (Å²) in [5, 5.41) is 9.23. The Bertz CT molecular complexity index is 1190. The van der Waals surface area contributed by atoms with Gasteiger partial charge < -0.3 is 29.0 Å². The number of nitrogens with one attached hydrogen (secondary N) is 2. The SMILES string of the molecule is CCOC(=O)C1=C(COC(=O)c2cc(-c3ccco3)nc3onc(C)c23)NC(=O)NC1. The minimum atomic E-state index is -0.713. The third-order valence-electron chi connectivity index (χ3n) is 4.53. The van der Waals surface area contributed by atoms with Crippen molar-refractivity contribution in [3.8, 4) is 11.5 Å². The summed E-state index contributed by atoms with van der Waals surface area (Å²) in [4.78, 5) is 41.1. The van der Waals surface area contributed by atoms with E-state index in [1.807, 2.05) is 0 Å². The highest BCUT2D eigenvalue weighted by Crippen LogP contribution is 2.28. The maximum absolute atomic E-state index is 12.9. The van der Waals surface area contributed by atoms with E-state index in [9.17, 15) is 14.4 Å². The quantitative estimate of drug-likeness (QED) is 0.566. The summed E-state index contributed by atoms with van der Waals surface area (Å²) < 4.78 is 21.0. The molecule has 0 saturated heterocycles. The van der Waals surface area contributed by atoms with Gasteiger partial charge in [-0.2, -0.15) is 0 Å². The minimum Gasteiger partial charge on any atom is -0.463 e. The Labute approximate surface area is 175 Å². The molecule has 1 aliphatic heterocycles. The van der Waals surface area contributed by atoms with Gasteiger partial charge in [0.15, 0.2) is 5.76 Å². The summed E-state index contributed by atoms with van der Waals surface area (Å²) in [6, 6.07) is 4.37. The molecule has 0 unspecified atom stereocenters. The van der Waals surface area contributed by atoms with Gasteiger partial charge in [-0.25, -0.2) is 19.4 Å². The van der Waals surface area contributed by atoms with Crippen molar-refractivity contribution in [3.63, 3.8) is 0 Å². The Kier molecular flexibility index (Phi) is 5.39. The first-order valence-electron chi connectivity index (χ1n) is 9.40. The number of carbonyl (C=O) groups is 3. The van der Waals surface area contributed by atoms with Gasteiger partial charge in [-0.15, -0.1) is 0 Å². The first-order chi connectivity index (χ1) is 15.0. The Balaban J connectivity index is 1.64. The molecular weight excluding hydrogens is 408 g/mol. The number of urea groups is 1. The van der Waals surface area contributed by atoms with E-state index in [2.05, 4.69) is 20.8 Å². The summed E-state index contributed by atoms with van der Waals surface area (Å²) in [5.74, 6) is -0.889. The number of ether oxygens (including phenoxy) is 2. The largest absolute Gasteiger partial charge is 0.463 e. The number of nitrogens with zero attached hydrogens (tertiary/aromatic N) is 2. The number of rotatable bonds is 6. The fourth-order valence-electron chi connectivity index (χ4n) is 3.09. The zero-order valence-electron chi connectivity index (χ0n) is 16.7. The van der Waals surface area contributed by atoms with Crippen LogP contribution in [0.3, 0.4) is 0 Å². The second-order valence-corrected chi connectivity index (χ2v) is 6.54. The summed E-state index contributed by atoms with van der Waals surface area (Å²) in [5.41, 5.74) is 1.46. The van der Waals surface area contributed by atoms with E-state index in [0.717, 1.165) is 0 Å². The number of amides is 2. The van der Waals surface area contributed by atoms with Crippen molar-refractivity contribution in [2.24, 2.45) is 0 Å². The molecule has 0 saturated carbocycles. The molecule has 0 atom stereocenters. The number of hydrogen-bond acceptors (Lipinski definition) is 9. The lowest BCUT2D eigenvalue weighted by Crippen LogP contribution is -2.45. The molecule has 0 aromatic carbocycles. The molecule has 3 aromatic heterocycles. The van der Waals surface area contributed by atoms with Gasteiger partial charge in [0.05, 0.1) is 47.3 Å². The molecule has 0 radical (unpaired) electrons. The van der Waals surface area contributed by atoms with Crippen LogP contribution in [-0.4, -0.2) is 47.9 Å². The molecule has 31 heavy (non-hydrogen) atoms. The van der Waals surface area contributed by atoms with Crippen LogP contribution < -0.4 is 10.6 Å². The first kappa shape index (κ1) is 20.1. The van der Waals surface area contributed by atoms with Gasteiger partial charge in [0.1, 0.15) is 12.3 Å². The van der Waals surface area contributed by atoms with Gasteiger partial charge in [0.25, 0.3) is 5.71 Å². The third kappa shape index (κ3) is 3.97. The number of hydrogen-bond donors (Lipinski definition) is 2. The van der Waals surface area contributed by atoms with Crippen LogP contribution in [0.4, 0.5) is 4.79 Å². The van der Waals surface area contributed by atoms with Crippen molar-refractivity contribution in [3.05, 3.63) is 47.0 Å². The molecule has 4 rings (SSSR count). The van der Waals surface area contributed by atoms with E-state index < -0.39 is 18.0 Å². The van der Waals surface area contributed by atoms with Gasteiger partial charge in [-0.1, -0.05) is 5.16 Å². The summed E-state index contributed by atoms with van der Waals surface area (Å²) in [6.07, 6.45) is 1.48. The highest BCUT2D eigenvalue weighted by Gasteiger charge is 2.26. The van der Waals surface area contributed by atoms with Crippen LogP contribution in [0.2, 0.25) is 0 Å². The fourth-order valence-corrected chi connectivity index (χ4v) is 3.09. The van der Waals surface area contributed by atoms with E-state index in [1.54, 1.807) is 26.0 Å². The summed E-state index contributed by atoms with van der Waals surface area (Å²) >= 11 is 0. The average Bonchev–Trinajstić information content (AvgIpc) is 3.42. The molecule has 0 fully saturated rings. The number of aromatic nitrogens is 2. The number of furan rings is 1. The Morgan fingerprint density at radius 2 is 2.10 bits per heavy atom. The van der Waals surface area contributed by atoms with Gasteiger partial charge >= 0.3 is 18.0 Å². The van der Waals surface area contributed by atoms with Crippen LogP contribution in [-0.2, 0) is 14.3 Å². The van der Waals surface area contributed by atoms with Gasteiger partial charge in [0, 0.05) is 0 Å². The van der Waals surface area contributed by atoms with Crippen molar-refractivity contribution < 1.29 is 32.8 Å². The fraction of sp³-hybridized carbons (Fsp3) is 0.250. The average molecular weight is 426 g/mol. The molecule has 3 aromatic rings. The summed E-state index contributed by atoms with van der Waals surface area (Å²) in [6.45, 7) is 3.13.